The Morgan fingerprint density at radius 1 is 1.27 bits per heavy atom. The summed E-state index contributed by atoms with van der Waals surface area (Å²) in [6.07, 6.45) is 3.44. The maximum Gasteiger partial charge on any atom is 0.410 e. The predicted octanol–water partition coefficient (Wildman–Crippen LogP) is 3.34. The van der Waals surface area contributed by atoms with E-state index in [1.807, 2.05) is 39.6 Å². The molecule has 0 aromatic rings. The van der Waals surface area contributed by atoms with Gasteiger partial charge in [-0.2, -0.15) is 0 Å². The van der Waals surface area contributed by atoms with Gasteiger partial charge >= 0.3 is 6.09 Å². The highest BCUT2D eigenvalue weighted by Gasteiger charge is 2.59. The molecular formula is C23H42N4O3. The van der Waals surface area contributed by atoms with Crippen molar-refractivity contribution in [2.75, 3.05) is 39.8 Å². The summed E-state index contributed by atoms with van der Waals surface area (Å²) < 4.78 is 11.5. The highest BCUT2D eigenvalue weighted by Crippen LogP contribution is 2.52. The molecule has 3 aliphatic rings. The molecule has 172 valence electrons. The standard InChI is InChI=1S/C23H42N4O3/c1-8-26(21(28)30-22(2,3)4)15-16-9-12-27(13-10-16)20(24-7)25-18-17-11-14-29-19(17)23(18,5)6/h16-19H,8-15H2,1-7H3,(H,24,25). The summed E-state index contributed by atoms with van der Waals surface area (Å²) in [6, 6.07) is 0.421. The van der Waals surface area contributed by atoms with Crippen LogP contribution in [0.1, 0.15) is 60.8 Å². The van der Waals surface area contributed by atoms with Crippen molar-refractivity contribution in [1.82, 2.24) is 15.1 Å². The second kappa shape index (κ2) is 8.93. The van der Waals surface area contributed by atoms with Gasteiger partial charge in [0.1, 0.15) is 5.60 Å². The number of ether oxygens (including phenoxy) is 2. The summed E-state index contributed by atoms with van der Waals surface area (Å²) in [6.45, 7) is 16.6. The summed E-state index contributed by atoms with van der Waals surface area (Å²) in [7, 11) is 1.88. The van der Waals surface area contributed by atoms with Crippen molar-refractivity contribution in [2.24, 2.45) is 22.2 Å². The molecule has 3 unspecified atom stereocenters. The number of nitrogens with zero attached hydrogens (tertiary/aromatic N) is 3. The van der Waals surface area contributed by atoms with E-state index in [9.17, 15) is 4.79 Å². The van der Waals surface area contributed by atoms with Crippen LogP contribution in [0.4, 0.5) is 4.79 Å². The number of aliphatic imine (C=N–C) groups is 1. The van der Waals surface area contributed by atoms with E-state index >= 15 is 0 Å². The zero-order valence-electron chi connectivity index (χ0n) is 20.0. The first kappa shape index (κ1) is 23.2. The molecule has 1 aliphatic carbocycles. The smallest absolute Gasteiger partial charge is 0.410 e. The molecule has 0 bridgehead atoms. The first-order valence-electron chi connectivity index (χ1n) is 11.6. The van der Waals surface area contributed by atoms with E-state index in [0.717, 1.165) is 51.5 Å². The molecule has 7 heteroatoms. The minimum Gasteiger partial charge on any atom is -0.444 e. The van der Waals surface area contributed by atoms with Crippen LogP contribution in [0.15, 0.2) is 4.99 Å². The third kappa shape index (κ3) is 4.87. The Morgan fingerprint density at radius 2 is 1.93 bits per heavy atom. The normalized spacial score (nSPS) is 29.2. The van der Waals surface area contributed by atoms with Gasteiger partial charge in [0.25, 0.3) is 0 Å². The third-order valence-corrected chi connectivity index (χ3v) is 7.02. The Morgan fingerprint density at radius 3 is 2.50 bits per heavy atom. The van der Waals surface area contributed by atoms with Crippen LogP contribution in [0.25, 0.3) is 0 Å². The summed E-state index contributed by atoms with van der Waals surface area (Å²) in [5.41, 5.74) is -0.310. The molecule has 7 nitrogen and oxygen atoms in total. The van der Waals surface area contributed by atoms with Crippen LogP contribution in [0, 0.1) is 17.3 Å². The van der Waals surface area contributed by atoms with Crippen molar-refractivity contribution >= 4 is 12.1 Å². The predicted molar refractivity (Wildman–Crippen MR) is 120 cm³/mol. The van der Waals surface area contributed by atoms with Gasteiger partial charge < -0.3 is 24.6 Å². The van der Waals surface area contributed by atoms with Gasteiger partial charge in [-0.1, -0.05) is 13.8 Å². The number of nitrogens with one attached hydrogen (secondary N) is 1. The lowest BCUT2D eigenvalue weighted by molar-refractivity contribution is -0.107. The molecule has 1 amide bonds. The first-order valence-corrected chi connectivity index (χ1v) is 11.6. The Hall–Kier alpha value is -1.50. The van der Waals surface area contributed by atoms with E-state index in [1.165, 1.54) is 0 Å². The SMILES string of the molecule is CCN(CC1CCN(C(=NC)NC2C3CCOC3C2(C)C)CC1)C(=O)OC(C)(C)C. The molecule has 3 fully saturated rings. The number of carbonyl (C=O) groups is 1. The second-order valence-electron chi connectivity index (χ2n) is 10.7. The molecule has 1 N–H and O–H groups in total. The van der Waals surface area contributed by atoms with Crippen molar-refractivity contribution in [3.63, 3.8) is 0 Å². The molecule has 1 saturated carbocycles. The number of hydrogen-bond donors (Lipinski definition) is 1. The van der Waals surface area contributed by atoms with Crippen LogP contribution in [0.2, 0.25) is 0 Å². The number of fused-ring (bicyclic) bond motifs is 1. The van der Waals surface area contributed by atoms with Gasteiger partial charge in [-0.05, 0) is 52.9 Å². The molecule has 2 aliphatic heterocycles. The topological polar surface area (TPSA) is 66.4 Å². The van der Waals surface area contributed by atoms with E-state index in [0.29, 0.717) is 30.5 Å². The monoisotopic (exact) mass is 422 g/mol. The molecule has 2 heterocycles. The number of amides is 1. The van der Waals surface area contributed by atoms with Crippen molar-refractivity contribution in [3.05, 3.63) is 0 Å². The third-order valence-electron chi connectivity index (χ3n) is 7.02. The summed E-state index contributed by atoms with van der Waals surface area (Å²) in [5.74, 6) is 2.11. The lowest BCUT2D eigenvalue weighted by atomic mass is 9.57. The number of likely N-dealkylation sites (tertiary alicyclic amines) is 1. The van der Waals surface area contributed by atoms with Gasteiger partial charge in [-0.3, -0.25) is 4.99 Å². The fraction of sp³-hybridized carbons (Fsp3) is 0.913. The van der Waals surface area contributed by atoms with Crippen molar-refractivity contribution in [1.29, 1.82) is 0 Å². The van der Waals surface area contributed by atoms with Crippen LogP contribution in [-0.2, 0) is 9.47 Å². The number of rotatable bonds is 4. The molecule has 0 aromatic heterocycles. The Labute approximate surface area is 182 Å². The maximum atomic E-state index is 12.4. The molecule has 0 radical (unpaired) electrons. The van der Waals surface area contributed by atoms with Gasteiger partial charge in [-0.15, -0.1) is 0 Å². The van der Waals surface area contributed by atoms with E-state index < -0.39 is 5.60 Å². The number of hydrogen-bond acceptors (Lipinski definition) is 4. The van der Waals surface area contributed by atoms with Gasteiger partial charge in [0, 0.05) is 57.2 Å². The molecular weight excluding hydrogens is 380 g/mol. The molecule has 30 heavy (non-hydrogen) atoms. The Kier molecular flexibility index (Phi) is 6.90. The zero-order valence-corrected chi connectivity index (χ0v) is 20.0. The van der Waals surface area contributed by atoms with Crippen LogP contribution in [-0.4, -0.2) is 79.4 Å². The Balaban J connectivity index is 1.50. The zero-order chi connectivity index (χ0) is 22.1. The summed E-state index contributed by atoms with van der Waals surface area (Å²) in [4.78, 5) is 21.3. The average Bonchev–Trinajstić information content (AvgIpc) is 3.13. The molecule has 3 atom stereocenters. The van der Waals surface area contributed by atoms with Crippen molar-refractivity contribution in [3.8, 4) is 0 Å². The molecule has 0 aromatic carbocycles. The van der Waals surface area contributed by atoms with E-state index in [1.54, 1.807) is 0 Å². The minimum absolute atomic E-state index is 0.143. The van der Waals surface area contributed by atoms with Crippen LogP contribution >= 0.6 is 0 Å². The second-order valence-corrected chi connectivity index (χ2v) is 10.7. The van der Waals surface area contributed by atoms with Crippen molar-refractivity contribution in [2.45, 2.75) is 78.6 Å². The highest BCUT2D eigenvalue weighted by atomic mass is 16.6. The number of piperidine rings is 1. The first-order chi connectivity index (χ1) is 14.1. The van der Waals surface area contributed by atoms with Crippen LogP contribution in [0.3, 0.4) is 0 Å². The van der Waals surface area contributed by atoms with Crippen LogP contribution in [0.5, 0.6) is 0 Å². The summed E-state index contributed by atoms with van der Waals surface area (Å²) >= 11 is 0. The fourth-order valence-electron chi connectivity index (χ4n) is 5.35. The molecule has 0 spiro atoms. The molecule has 2 saturated heterocycles. The van der Waals surface area contributed by atoms with Crippen LogP contribution < -0.4 is 5.32 Å². The molecule has 3 rings (SSSR count). The maximum absolute atomic E-state index is 12.4. The Bertz CT molecular complexity index is 635. The fourth-order valence-corrected chi connectivity index (χ4v) is 5.35. The summed E-state index contributed by atoms with van der Waals surface area (Å²) in [5, 5.41) is 3.76. The van der Waals surface area contributed by atoms with E-state index in [4.69, 9.17) is 9.47 Å². The quantitative estimate of drug-likeness (QED) is 0.556. The van der Waals surface area contributed by atoms with Gasteiger partial charge in [0.2, 0.25) is 0 Å². The average molecular weight is 423 g/mol. The lowest BCUT2D eigenvalue weighted by Gasteiger charge is -2.55. The van der Waals surface area contributed by atoms with Gasteiger partial charge in [-0.25, -0.2) is 4.79 Å². The number of guanidine groups is 1. The van der Waals surface area contributed by atoms with E-state index in [2.05, 4.69) is 29.1 Å². The van der Waals surface area contributed by atoms with Gasteiger partial charge in [0.15, 0.2) is 5.96 Å². The number of carbonyl (C=O) groups excluding carboxylic acids is 1. The van der Waals surface area contributed by atoms with E-state index in [-0.39, 0.29) is 11.5 Å². The van der Waals surface area contributed by atoms with Crippen molar-refractivity contribution < 1.29 is 14.3 Å². The highest BCUT2D eigenvalue weighted by molar-refractivity contribution is 5.80. The lowest BCUT2D eigenvalue weighted by Crippen LogP contribution is -2.68. The van der Waals surface area contributed by atoms with Gasteiger partial charge in [0.05, 0.1) is 6.10 Å². The minimum atomic E-state index is -0.454. The largest absolute Gasteiger partial charge is 0.444 e.